The zero-order valence-corrected chi connectivity index (χ0v) is 10.9. The van der Waals surface area contributed by atoms with Crippen molar-refractivity contribution in [2.45, 2.75) is 57.3 Å². The summed E-state index contributed by atoms with van der Waals surface area (Å²) in [5.41, 5.74) is 0.911. The Balaban J connectivity index is 1.97. The highest BCUT2D eigenvalue weighted by Gasteiger charge is 2.24. The van der Waals surface area contributed by atoms with E-state index in [-0.39, 0.29) is 12.2 Å². The smallest absolute Gasteiger partial charge is 0.124 e. The summed E-state index contributed by atoms with van der Waals surface area (Å²) in [6.45, 7) is 1.95. The molecule has 0 heterocycles. The second-order valence-electron chi connectivity index (χ2n) is 5.00. The lowest BCUT2D eigenvalue weighted by Gasteiger charge is -2.28. The van der Waals surface area contributed by atoms with Crippen molar-refractivity contribution in [1.29, 1.82) is 0 Å². The molecule has 3 nitrogen and oxygen atoms in total. The highest BCUT2D eigenvalue weighted by atomic mass is 16.5. The van der Waals surface area contributed by atoms with Gasteiger partial charge in [-0.25, -0.2) is 0 Å². The third kappa shape index (κ3) is 3.24. The Kier molecular flexibility index (Phi) is 4.61. The van der Waals surface area contributed by atoms with E-state index in [1.165, 1.54) is 0 Å². The largest absolute Gasteiger partial charge is 0.488 e. The van der Waals surface area contributed by atoms with Crippen molar-refractivity contribution in [1.82, 2.24) is 0 Å². The first kappa shape index (κ1) is 13.4. The van der Waals surface area contributed by atoms with Gasteiger partial charge in [0.05, 0.1) is 12.2 Å². The van der Waals surface area contributed by atoms with Gasteiger partial charge in [-0.15, -0.1) is 0 Å². The normalized spacial score (nSPS) is 25.7. The Morgan fingerprint density at radius 2 is 1.89 bits per heavy atom. The second-order valence-corrected chi connectivity index (χ2v) is 5.00. The van der Waals surface area contributed by atoms with E-state index in [0.717, 1.165) is 37.0 Å². The van der Waals surface area contributed by atoms with Gasteiger partial charge in [0, 0.05) is 0 Å². The molecule has 0 radical (unpaired) electrons. The van der Waals surface area contributed by atoms with Crippen LogP contribution in [0.1, 0.15) is 50.7 Å². The van der Waals surface area contributed by atoms with E-state index in [2.05, 4.69) is 0 Å². The predicted octanol–water partition coefficient (Wildman–Crippen LogP) is 2.81. The molecule has 2 unspecified atom stereocenters. The molecule has 0 aliphatic heterocycles. The van der Waals surface area contributed by atoms with E-state index in [4.69, 9.17) is 4.74 Å². The van der Waals surface area contributed by atoms with Gasteiger partial charge in [0.25, 0.3) is 0 Å². The number of aliphatic hydroxyl groups is 2. The summed E-state index contributed by atoms with van der Waals surface area (Å²) in [5.74, 6) is 0.771. The van der Waals surface area contributed by atoms with E-state index in [1.807, 2.05) is 31.2 Å². The van der Waals surface area contributed by atoms with Crippen molar-refractivity contribution >= 4 is 0 Å². The molecule has 100 valence electrons. The highest BCUT2D eigenvalue weighted by Crippen LogP contribution is 2.25. The van der Waals surface area contributed by atoms with Crippen molar-refractivity contribution in [2.24, 2.45) is 0 Å². The number of aliphatic hydroxyl groups excluding tert-OH is 2. The topological polar surface area (TPSA) is 49.7 Å². The van der Waals surface area contributed by atoms with E-state index in [1.54, 1.807) is 0 Å². The van der Waals surface area contributed by atoms with Crippen LogP contribution in [-0.4, -0.2) is 22.4 Å². The summed E-state index contributed by atoms with van der Waals surface area (Å²) in [4.78, 5) is 0. The maximum Gasteiger partial charge on any atom is 0.124 e. The molecule has 0 amide bonds. The Labute approximate surface area is 108 Å². The molecule has 1 aliphatic carbocycles. The fraction of sp³-hybridized carbons (Fsp3) is 0.600. The SMILES string of the molecule is CC[C@H](O)c1ccc(OC2CCCCC2O)cc1. The van der Waals surface area contributed by atoms with Gasteiger partial charge in [0.15, 0.2) is 0 Å². The van der Waals surface area contributed by atoms with Crippen LogP contribution in [0.4, 0.5) is 0 Å². The van der Waals surface area contributed by atoms with E-state index >= 15 is 0 Å². The molecule has 3 atom stereocenters. The summed E-state index contributed by atoms with van der Waals surface area (Å²) < 4.78 is 5.80. The molecule has 18 heavy (non-hydrogen) atoms. The molecule has 1 saturated carbocycles. The lowest BCUT2D eigenvalue weighted by atomic mass is 9.95. The number of hydrogen-bond donors (Lipinski definition) is 2. The molecule has 0 spiro atoms. The van der Waals surface area contributed by atoms with Crippen LogP contribution in [0.25, 0.3) is 0 Å². The van der Waals surface area contributed by atoms with Crippen LogP contribution in [0.15, 0.2) is 24.3 Å². The molecule has 1 fully saturated rings. The van der Waals surface area contributed by atoms with Crippen LogP contribution >= 0.6 is 0 Å². The number of rotatable bonds is 4. The number of hydrogen-bond acceptors (Lipinski definition) is 3. The molecule has 1 aliphatic rings. The second kappa shape index (κ2) is 6.21. The van der Waals surface area contributed by atoms with Crippen LogP contribution in [0.3, 0.4) is 0 Å². The van der Waals surface area contributed by atoms with Gasteiger partial charge in [-0.3, -0.25) is 0 Å². The molecule has 3 heteroatoms. The zero-order valence-electron chi connectivity index (χ0n) is 10.9. The molecule has 0 aromatic heterocycles. The maximum absolute atomic E-state index is 9.85. The minimum atomic E-state index is -0.403. The lowest BCUT2D eigenvalue weighted by Crippen LogP contribution is -2.34. The van der Waals surface area contributed by atoms with Gasteiger partial charge in [0.1, 0.15) is 11.9 Å². The van der Waals surface area contributed by atoms with Gasteiger partial charge >= 0.3 is 0 Å². The predicted molar refractivity (Wildman–Crippen MR) is 70.6 cm³/mol. The number of ether oxygens (including phenoxy) is 1. The van der Waals surface area contributed by atoms with Crippen LogP contribution < -0.4 is 4.74 Å². The van der Waals surface area contributed by atoms with Gasteiger partial charge < -0.3 is 14.9 Å². The maximum atomic E-state index is 9.85. The fourth-order valence-corrected chi connectivity index (χ4v) is 2.39. The first-order valence-electron chi connectivity index (χ1n) is 6.83. The minimum Gasteiger partial charge on any atom is -0.488 e. The van der Waals surface area contributed by atoms with Gasteiger partial charge in [0.2, 0.25) is 0 Å². The average Bonchev–Trinajstić information content (AvgIpc) is 2.41. The highest BCUT2D eigenvalue weighted by molar-refractivity contribution is 5.28. The standard InChI is InChI=1S/C15H22O3/c1-2-13(16)11-7-9-12(10-8-11)18-15-6-4-3-5-14(15)17/h7-10,13-17H,2-6H2,1H3/t13-,14?,15?/m0/s1. The summed E-state index contributed by atoms with van der Waals surface area (Å²) in [6, 6.07) is 7.52. The molecule has 0 saturated heterocycles. The van der Waals surface area contributed by atoms with Crippen molar-refractivity contribution in [3.63, 3.8) is 0 Å². The molecule has 1 aromatic carbocycles. The number of benzene rings is 1. The summed E-state index contributed by atoms with van der Waals surface area (Å²) in [6.07, 6.45) is 3.83. The van der Waals surface area contributed by atoms with Gasteiger partial charge in [-0.05, 0) is 43.4 Å². The van der Waals surface area contributed by atoms with E-state index in [0.29, 0.717) is 6.42 Å². The molecule has 0 bridgehead atoms. The van der Waals surface area contributed by atoms with Crippen molar-refractivity contribution in [2.75, 3.05) is 0 Å². The van der Waals surface area contributed by atoms with Crippen molar-refractivity contribution in [3.8, 4) is 5.75 Å². The van der Waals surface area contributed by atoms with Crippen molar-refractivity contribution in [3.05, 3.63) is 29.8 Å². The first-order chi connectivity index (χ1) is 8.70. The summed E-state index contributed by atoms with van der Waals surface area (Å²) in [7, 11) is 0. The fourth-order valence-electron chi connectivity index (χ4n) is 2.39. The zero-order chi connectivity index (χ0) is 13.0. The minimum absolute atomic E-state index is 0.0827. The lowest BCUT2D eigenvalue weighted by molar-refractivity contribution is 0.00684. The first-order valence-corrected chi connectivity index (χ1v) is 6.83. The van der Waals surface area contributed by atoms with Crippen LogP contribution in [0, 0.1) is 0 Å². The molecule has 1 aromatic rings. The monoisotopic (exact) mass is 250 g/mol. The third-order valence-corrected chi connectivity index (χ3v) is 3.61. The van der Waals surface area contributed by atoms with Crippen LogP contribution in [-0.2, 0) is 0 Å². The summed E-state index contributed by atoms with van der Waals surface area (Å²) in [5, 5.41) is 19.5. The molecule has 2 rings (SSSR count). The van der Waals surface area contributed by atoms with Crippen molar-refractivity contribution < 1.29 is 14.9 Å². The molecule has 2 N–H and O–H groups in total. The third-order valence-electron chi connectivity index (χ3n) is 3.61. The molecular weight excluding hydrogens is 228 g/mol. The Hall–Kier alpha value is -1.06. The van der Waals surface area contributed by atoms with Crippen LogP contribution in [0.5, 0.6) is 5.75 Å². The van der Waals surface area contributed by atoms with Gasteiger partial charge in [-0.1, -0.05) is 25.5 Å². The van der Waals surface area contributed by atoms with Gasteiger partial charge in [-0.2, -0.15) is 0 Å². The van der Waals surface area contributed by atoms with E-state index in [9.17, 15) is 10.2 Å². The molecular formula is C15H22O3. The Morgan fingerprint density at radius 1 is 1.22 bits per heavy atom. The van der Waals surface area contributed by atoms with E-state index < -0.39 is 6.10 Å². The quantitative estimate of drug-likeness (QED) is 0.864. The Bertz CT molecular complexity index is 361. The Morgan fingerprint density at radius 3 is 2.50 bits per heavy atom. The summed E-state index contributed by atoms with van der Waals surface area (Å²) >= 11 is 0. The average molecular weight is 250 g/mol. The van der Waals surface area contributed by atoms with Crippen LogP contribution in [0.2, 0.25) is 0 Å².